The number of methoxy groups -OCH3 is 1. The minimum atomic E-state index is -0.379. The number of ether oxygens (including phenoxy) is 2. The van der Waals surface area contributed by atoms with E-state index < -0.39 is 0 Å². The Morgan fingerprint density at radius 1 is 1.59 bits per heavy atom. The minimum absolute atomic E-state index is 0.0954. The van der Waals surface area contributed by atoms with Gasteiger partial charge in [0, 0.05) is 6.54 Å². The molecule has 1 N–H and O–H groups in total. The second kappa shape index (κ2) is 5.05. The van der Waals surface area contributed by atoms with Crippen molar-refractivity contribution in [3.63, 3.8) is 0 Å². The van der Waals surface area contributed by atoms with Gasteiger partial charge in [-0.05, 0) is 18.2 Å². The maximum absolute atomic E-state index is 11.4. The number of fused-ring (bicyclic) bond motifs is 1. The summed E-state index contributed by atoms with van der Waals surface area (Å²) in [7, 11) is 1.35. The van der Waals surface area contributed by atoms with Crippen LogP contribution >= 0.6 is 0 Å². The average Bonchev–Trinajstić information content (AvgIpc) is 2.38. The molecular formula is C12H15NO4. The second-order valence-electron chi connectivity index (χ2n) is 3.73. The number of aliphatic hydroxyl groups excluding tert-OH is 1. The molecule has 0 spiro atoms. The van der Waals surface area contributed by atoms with Crippen molar-refractivity contribution >= 4 is 11.7 Å². The van der Waals surface area contributed by atoms with Crippen molar-refractivity contribution < 1.29 is 19.4 Å². The molecule has 17 heavy (non-hydrogen) atoms. The Balaban J connectivity index is 2.29. The van der Waals surface area contributed by atoms with Gasteiger partial charge in [0.1, 0.15) is 12.4 Å². The van der Waals surface area contributed by atoms with Crippen molar-refractivity contribution in [3.05, 3.63) is 23.8 Å². The van der Waals surface area contributed by atoms with Gasteiger partial charge in [-0.1, -0.05) is 0 Å². The molecule has 2 rings (SSSR count). The Labute approximate surface area is 99.6 Å². The summed E-state index contributed by atoms with van der Waals surface area (Å²) in [5.41, 5.74) is 1.37. The number of anilines is 1. The Bertz CT molecular complexity index is 419. The van der Waals surface area contributed by atoms with Crippen LogP contribution in [0.4, 0.5) is 5.69 Å². The molecule has 0 fully saturated rings. The number of hydrogen-bond acceptors (Lipinski definition) is 5. The highest BCUT2D eigenvalue weighted by Gasteiger charge is 2.19. The summed E-state index contributed by atoms with van der Waals surface area (Å²) in [6, 6.07) is 5.19. The van der Waals surface area contributed by atoms with Crippen LogP contribution in [0.3, 0.4) is 0 Å². The number of esters is 1. The number of nitrogens with zero attached hydrogens (tertiary/aromatic N) is 1. The molecule has 0 unspecified atom stereocenters. The largest absolute Gasteiger partial charge is 0.490 e. The van der Waals surface area contributed by atoms with Crippen LogP contribution in [-0.4, -0.2) is 44.5 Å². The molecule has 0 bridgehead atoms. The highest BCUT2D eigenvalue weighted by molar-refractivity contribution is 5.90. The molecule has 0 aromatic heterocycles. The molecular weight excluding hydrogens is 222 g/mol. The van der Waals surface area contributed by atoms with Gasteiger partial charge in [0.25, 0.3) is 0 Å². The van der Waals surface area contributed by atoms with Crippen LogP contribution < -0.4 is 9.64 Å². The third kappa shape index (κ3) is 2.34. The van der Waals surface area contributed by atoms with Crippen LogP contribution in [0.2, 0.25) is 0 Å². The van der Waals surface area contributed by atoms with E-state index in [2.05, 4.69) is 4.74 Å². The summed E-state index contributed by atoms with van der Waals surface area (Å²) in [4.78, 5) is 13.4. The van der Waals surface area contributed by atoms with E-state index in [1.54, 1.807) is 12.1 Å². The molecule has 1 aromatic carbocycles. The highest BCUT2D eigenvalue weighted by atomic mass is 16.5. The molecule has 1 heterocycles. The van der Waals surface area contributed by atoms with E-state index in [0.29, 0.717) is 24.5 Å². The zero-order valence-corrected chi connectivity index (χ0v) is 9.68. The highest BCUT2D eigenvalue weighted by Crippen LogP contribution is 2.32. The lowest BCUT2D eigenvalue weighted by atomic mass is 10.1. The monoisotopic (exact) mass is 237 g/mol. The van der Waals surface area contributed by atoms with Crippen LogP contribution in [0.5, 0.6) is 5.75 Å². The normalized spacial score (nSPS) is 13.9. The first-order valence-corrected chi connectivity index (χ1v) is 5.47. The molecule has 0 saturated carbocycles. The van der Waals surface area contributed by atoms with Crippen molar-refractivity contribution in [2.24, 2.45) is 0 Å². The Kier molecular flexibility index (Phi) is 3.49. The van der Waals surface area contributed by atoms with Crippen molar-refractivity contribution in [2.75, 3.05) is 38.3 Å². The third-order valence-corrected chi connectivity index (χ3v) is 2.71. The van der Waals surface area contributed by atoms with Gasteiger partial charge in [-0.25, -0.2) is 4.79 Å². The topological polar surface area (TPSA) is 59.0 Å². The zero-order chi connectivity index (χ0) is 12.3. The predicted octanol–water partition coefficient (Wildman–Crippen LogP) is 0.664. The summed E-state index contributed by atoms with van der Waals surface area (Å²) in [5, 5.41) is 8.97. The number of carbonyl (C=O) groups excluding carboxylic acids is 1. The Hall–Kier alpha value is -1.75. The fourth-order valence-electron chi connectivity index (χ4n) is 1.88. The lowest BCUT2D eigenvalue weighted by Crippen LogP contribution is -2.34. The zero-order valence-electron chi connectivity index (χ0n) is 9.68. The number of carbonyl (C=O) groups is 1. The number of aliphatic hydroxyl groups is 1. The summed E-state index contributed by atoms with van der Waals surface area (Å²) in [6.45, 7) is 1.95. The van der Waals surface area contributed by atoms with Crippen LogP contribution in [-0.2, 0) is 4.74 Å². The standard InChI is InChI=1S/C12H15NO4/c1-16-12(15)9-2-3-10-11(8-9)17-7-5-13(10)4-6-14/h2-3,8,14H,4-7H2,1H3. The number of rotatable bonds is 3. The first-order valence-electron chi connectivity index (χ1n) is 5.47. The Morgan fingerprint density at radius 3 is 3.12 bits per heavy atom. The van der Waals surface area contributed by atoms with E-state index >= 15 is 0 Å². The fraction of sp³-hybridized carbons (Fsp3) is 0.417. The van der Waals surface area contributed by atoms with Crippen molar-refractivity contribution in [2.45, 2.75) is 0 Å². The van der Waals surface area contributed by atoms with Crippen molar-refractivity contribution in [1.29, 1.82) is 0 Å². The van der Waals surface area contributed by atoms with Crippen molar-refractivity contribution in [1.82, 2.24) is 0 Å². The summed E-state index contributed by atoms with van der Waals surface area (Å²) in [6.07, 6.45) is 0. The van der Waals surface area contributed by atoms with Gasteiger partial charge < -0.3 is 19.5 Å². The van der Waals surface area contributed by atoms with E-state index in [9.17, 15) is 4.79 Å². The molecule has 1 aliphatic heterocycles. The first-order chi connectivity index (χ1) is 8.26. The third-order valence-electron chi connectivity index (χ3n) is 2.71. The van der Waals surface area contributed by atoms with Gasteiger partial charge >= 0.3 is 5.97 Å². The molecule has 0 saturated heterocycles. The average molecular weight is 237 g/mol. The van der Waals surface area contributed by atoms with Crippen LogP contribution in [0.15, 0.2) is 18.2 Å². The summed E-state index contributed by atoms with van der Waals surface area (Å²) < 4.78 is 10.2. The maximum Gasteiger partial charge on any atom is 0.337 e. The predicted molar refractivity (Wildman–Crippen MR) is 62.6 cm³/mol. The molecule has 5 nitrogen and oxygen atoms in total. The molecule has 5 heteroatoms. The van der Waals surface area contributed by atoms with E-state index in [0.717, 1.165) is 12.2 Å². The minimum Gasteiger partial charge on any atom is -0.490 e. The SMILES string of the molecule is COC(=O)c1ccc2c(c1)OCCN2CCO. The van der Waals surface area contributed by atoms with E-state index in [4.69, 9.17) is 9.84 Å². The van der Waals surface area contributed by atoms with Gasteiger partial charge in [-0.2, -0.15) is 0 Å². The lowest BCUT2D eigenvalue weighted by Gasteiger charge is -2.30. The lowest BCUT2D eigenvalue weighted by molar-refractivity contribution is 0.0600. The van der Waals surface area contributed by atoms with Crippen LogP contribution in [0.1, 0.15) is 10.4 Å². The van der Waals surface area contributed by atoms with Crippen molar-refractivity contribution in [3.8, 4) is 5.75 Å². The summed E-state index contributed by atoms with van der Waals surface area (Å²) in [5.74, 6) is 0.281. The molecule has 0 aliphatic carbocycles. The Morgan fingerprint density at radius 2 is 2.41 bits per heavy atom. The van der Waals surface area contributed by atoms with Gasteiger partial charge in [0.05, 0.1) is 31.5 Å². The maximum atomic E-state index is 11.4. The van der Waals surface area contributed by atoms with E-state index in [1.807, 2.05) is 11.0 Å². The van der Waals surface area contributed by atoms with E-state index in [1.165, 1.54) is 7.11 Å². The van der Waals surface area contributed by atoms with E-state index in [-0.39, 0.29) is 12.6 Å². The molecule has 1 aliphatic rings. The molecule has 92 valence electrons. The van der Waals surface area contributed by atoms with Crippen LogP contribution in [0, 0.1) is 0 Å². The molecule has 0 atom stereocenters. The van der Waals surface area contributed by atoms with Crippen LogP contribution in [0.25, 0.3) is 0 Å². The van der Waals surface area contributed by atoms with Gasteiger partial charge in [0.15, 0.2) is 0 Å². The second-order valence-corrected chi connectivity index (χ2v) is 3.73. The summed E-state index contributed by atoms with van der Waals surface area (Å²) >= 11 is 0. The molecule has 0 amide bonds. The number of benzene rings is 1. The number of β-amino-alcohol motifs (C(OH)–C–C–N with tert-alkyl or cyclic N) is 1. The van der Waals surface area contributed by atoms with Gasteiger partial charge in [-0.15, -0.1) is 0 Å². The van der Waals surface area contributed by atoms with Gasteiger partial charge in [-0.3, -0.25) is 0 Å². The quantitative estimate of drug-likeness (QED) is 0.783. The fourth-order valence-corrected chi connectivity index (χ4v) is 1.88. The molecule has 0 radical (unpaired) electrons. The molecule has 1 aromatic rings. The first kappa shape index (κ1) is 11.7. The number of hydrogen-bond donors (Lipinski definition) is 1. The van der Waals surface area contributed by atoms with Gasteiger partial charge in [0.2, 0.25) is 0 Å². The smallest absolute Gasteiger partial charge is 0.337 e.